The Balaban J connectivity index is 0. The van der Waals surface area contributed by atoms with Gasteiger partial charge in [0.1, 0.15) is 10.5 Å². The molecular formula is H8O6P2Si. The zero-order valence-corrected chi connectivity index (χ0v) is 8.57. The SMILES string of the molecule is O=[PH](O)O[PH](=O)O.O[SiH3]. The lowest BCUT2D eigenvalue weighted by Crippen LogP contribution is -1.58. The van der Waals surface area contributed by atoms with Crippen LogP contribution < -0.4 is 0 Å². The molecule has 0 aliphatic rings. The van der Waals surface area contributed by atoms with E-state index in [2.05, 4.69) is 4.31 Å². The lowest BCUT2D eigenvalue weighted by molar-refractivity contribution is 0.371. The average molecular weight is 194 g/mol. The van der Waals surface area contributed by atoms with Crippen LogP contribution in [0.5, 0.6) is 0 Å². The second-order valence-corrected chi connectivity index (χ2v) is 2.51. The smallest absolute Gasteiger partial charge is 0.323 e. The van der Waals surface area contributed by atoms with Crippen molar-refractivity contribution in [1.82, 2.24) is 0 Å². The van der Waals surface area contributed by atoms with Crippen LogP contribution in [0.3, 0.4) is 0 Å². The molecule has 58 valence electrons. The minimum Gasteiger partial charge on any atom is -0.442 e. The molecule has 2 unspecified atom stereocenters. The molecule has 0 aliphatic heterocycles. The Labute approximate surface area is 55.9 Å². The van der Waals surface area contributed by atoms with Gasteiger partial charge in [-0.25, -0.2) is 4.31 Å². The zero-order valence-electron chi connectivity index (χ0n) is 4.57. The normalized spacial score (nSPS) is 15.4. The van der Waals surface area contributed by atoms with E-state index >= 15 is 0 Å². The van der Waals surface area contributed by atoms with Crippen LogP contribution >= 0.6 is 16.5 Å². The molecule has 0 amide bonds. The van der Waals surface area contributed by atoms with Crippen LogP contribution in [0.25, 0.3) is 0 Å². The van der Waals surface area contributed by atoms with Gasteiger partial charge in [0, 0.05) is 0 Å². The van der Waals surface area contributed by atoms with Crippen molar-refractivity contribution in [3.63, 3.8) is 0 Å². The van der Waals surface area contributed by atoms with Crippen molar-refractivity contribution in [1.29, 1.82) is 0 Å². The Morgan fingerprint density at radius 2 is 1.33 bits per heavy atom. The fourth-order valence-corrected chi connectivity index (χ4v) is 0.672. The maximum absolute atomic E-state index is 9.44. The molecule has 0 aromatic rings. The van der Waals surface area contributed by atoms with Gasteiger partial charge in [0.05, 0.1) is 0 Å². The largest absolute Gasteiger partial charge is 0.442 e. The average Bonchev–Trinajstić information content (AvgIpc) is 1.68. The van der Waals surface area contributed by atoms with Crippen LogP contribution in [0.2, 0.25) is 0 Å². The molecule has 0 bridgehead atoms. The summed E-state index contributed by atoms with van der Waals surface area (Å²) in [5, 5.41) is 0. The van der Waals surface area contributed by atoms with E-state index in [-0.39, 0.29) is 0 Å². The topological polar surface area (TPSA) is 104 Å². The molecule has 0 aromatic heterocycles. The third-order valence-electron chi connectivity index (χ3n) is 0.175. The van der Waals surface area contributed by atoms with Crippen molar-refractivity contribution < 1.29 is 28.0 Å². The van der Waals surface area contributed by atoms with Crippen LogP contribution in [0.1, 0.15) is 0 Å². The zero-order chi connectivity index (χ0) is 7.86. The van der Waals surface area contributed by atoms with Crippen LogP contribution in [0, 0.1) is 0 Å². The van der Waals surface area contributed by atoms with Gasteiger partial charge in [-0.3, -0.25) is 9.13 Å². The standard InChI is InChI=1S/H4O5P2.H4OSi/c1-6(2)5-7(3)4;1-2/h6-7H,(H,1,2)(H,3,4);1H,2H3. The van der Waals surface area contributed by atoms with Gasteiger partial charge in [0.25, 0.3) is 0 Å². The quantitative estimate of drug-likeness (QED) is 0.348. The highest BCUT2D eigenvalue weighted by atomic mass is 31.2. The number of hydrogen-bond donors (Lipinski definition) is 3. The van der Waals surface area contributed by atoms with E-state index in [4.69, 9.17) is 14.6 Å². The van der Waals surface area contributed by atoms with Gasteiger partial charge < -0.3 is 14.6 Å². The summed E-state index contributed by atoms with van der Waals surface area (Å²) in [4.78, 5) is 22.6. The van der Waals surface area contributed by atoms with Crippen molar-refractivity contribution in [2.45, 2.75) is 0 Å². The summed E-state index contributed by atoms with van der Waals surface area (Å²) >= 11 is 0. The summed E-state index contributed by atoms with van der Waals surface area (Å²) in [5.74, 6) is 0. The molecule has 9 heteroatoms. The second kappa shape index (κ2) is 8.52. The van der Waals surface area contributed by atoms with Crippen molar-refractivity contribution >= 4 is 27.0 Å². The molecule has 0 rings (SSSR count). The molecule has 0 aliphatic carbocycles. The van der Waals surface area contributed by atoms with Crippen LogP contribution in [0.4, 0.5) is 0 Å². The predicted molar refractivity (Wildman–Crippen MR) is 35.7 cm³/mol. The molecule has 0 radical (unpaired) electrons. The van der Waals surface area contributed by atoms with Crippen LogP contribution in [0.15, 0.2) is 0 Å². The Bertz CT molecular complexity index is 87.2. The lowest BCUT2D eigenvalue weighted by atomic mass is 15.8. The van der Waals surface area contributed by atoms with Crippen molar-refractivity contribution in [3.8, 4) is 0 Å². The second-order valence-electron chi connectivity index (χ2n) is 0.634. The monoisotopic (exact) mass is 194 g/mol. The summed E-state index contributed by atoms with van der Waals surface area (Å²) in [6.45, 7) is 0. The summed E-state index contributed by atoms with van der Waals surface area (Å²) in [6, 6.07) is 0. The van der Waals surface area contributed by atoms with Gasteiger partial charge in [-0.15, -0.1) is 0 Å². The molecule has 3 N–H and O–H groups in total. The Morgan fingerprint density at radius 1 is 1.11 bits per heavy atom. The van der Waals surface area contributed by atoms with Gasteiger partial charge in [0.2, 0.25) is 0 Å². The van der Waals surface area contributed by atoms with Gasteiger partial charge in [-0.2, -0.15) is 0 Å². The van der Waals surface area contributed by atoms with Crippen molar-refractivity contribution in [3.05, 3.63) is 0 Å². The molecule has 0 heterocycles. The molecular weight excluding hydrogens is 186 g/mol. The first-order valence-corrected chi connectivity index (χ1v) is 5.13. The fraction of sp³-hybridized carbons (Fsp3) is 0. The van der Waals surface area contributed by atoms with Gasteiger partial charge in [0.15, 0.2) is 0 Å². The Morgan fingerprint density at radius 3 is 1.33 bits per heavy atom. The minimum atomic E-state index is -3.20. The highest BCUT2D eigenvalue weighted by Crippen LogP contribution is 2.30. The highest BCUT2D eigenvalue weighted by Gasteiger charge is 1.93. The summed E-state index contributed by atoms with van der Waals surface area (Å²) in [6.07, 6.45) is 0. The molecule has 6 nitrogen and oxygen atoms in total. The fourth-order valence-electron chi connectivity index (χ4n) is 0.0747. The summed E-state index contributed by atoms with van der Waals surface area (Å²) in [7, 11) is -6.10. The van der Waals surface area contributed by atoms with E-state index in [1.54, 1.807) is 0 Å². The number of hydrogen-bond acceptors (Lipinski definition) is 4. The first-order chi connectivity index (χ1) is 4.13. The van der Waals surface area contributed by atoms with E-state index < -0.39 is 16.5 Å². The van der Waals surface area contributed by atoms with Crippen molar-refractivity contribution in [2.75, 3.05) is 0 Å². The molecule has 0 aromatic carbocycles. The van der Waals surface area contributed by atoms with Gasteiger partial charge >= 0.3 is 16.5 Å². The van der Waals surface area contributed by atoms with Gasteiger partial charge in [-0.1, -0.05) is 0 Å². The van der Waals surface area contributed by atoms with E-state index in [0.29, 0.717) is 10.5 Å². The molecule has 0 spiro atoms. The third kappa shape index (κ3) is 17.7. The van der Waals surface area contributed by atoms with Gasteiger partial charge in [-0.05, 0) is 0 Å². The molecule has 0 fully saturated rings. The van der Waals surface area contributed by atoms with Crippen LogP contribution in [-0.2, 0) is 13.4 Å². The summed E-state index contributed by atoms with van der Waals surface area (Å²) < 4.78 is 22.3. The molecule has 0 saturated carbocycles. The first-order valence-electron chi connectivity index (χ1n) is 1.71. The Hall–Kier alpha value is 0.517. The lowest BCUT2D eigenvalue weighted by Gasteiger charge is -1.86. The predicted octanol–water partition coefficient (Wildman–Crippen LogP) is -1.97. The van der Waals surface area contributed by atoms with Crippen molar-refractivity contribution in [2.24, 2.45) is 0 Å². The van der Waals surface area contributed by atoms with Crippen LogP contribution in [-0.4, -0.2) is 25.1 Å². The molecule has 0 saturated heterocycles. The number of rotatable bonds is 2. The van der Waals surface area contributed by atoms with E-state index in [1.165, 1.54) is 0 Å². The highest BCUT2D eigenvalue weighted by molar-refractivity contribution is 7.46. The Kier molecular flexibility index (Phi) is 11.6. The molecule has 2 atom stereocenters. The maximum atomic E-state index is 9.44. The summed E-state index contributed by atoms with van der Waals surface area (Å²) in [5.41, 5.74) is 0. The van der Waals surface area contributed by atoms with E-state index in [9.17, 15) is 9.13 Å². The van der Waals surface area contributed by atoms with E-state index in [0.717, 1.165) is 0 Å². The third-order valence-corrected chi connectivity index (χ3v) is 1.57. The van der Waals surface area contributed by atoms with E-state index in [1.807, 2.05) is 0 Å². The minimum absolute atomic E-state index is 0.306. The maximum Gasteiger partial charge on any atom is 0.323 e. The molecule has 9 heavy (non-hydrogen) atoms. The first kappa shape index (κ1) is 12.2.